The van der Waals surface area contributed by atoms with Crippen molar-refractivity contribution in [2.45, 2.75) is 38.3 Å². The minimum absolute atomic E-state index is 0.784. The second kappa shape index (κ2) is 6.20. The molecule has 1 aromatic heterocycles. The fourth-order valence-corrected chi connectivity index (χ4v) is 2.62. The van der Waals surface area contributed by atoms with Crippen LogP contribution in [-0.4, -0.2) is 24.1 Å². The summed E-state index contributed by atoms with van der Waals surface area (Å²) in [6, 6.07) is 0.784. The molecule has 1 saturated carbocycles. The summed E-state index contributed by atoms with van der Waals surface area (Å²) in [7, 11) is 0. The monoisotopic (exact) mass is 225 g/mol. The average Bonchev–Trinajstić information content (AvgIpc) is 2.88. The number of hydrogen-bond acceptors (Lipinski definition) is 4. The van der Waals surface area contributed by atoms with Crippen LogP contribution in [0.15, 0.2) is 11.6 Å². The zero-order chi connectivity index (χ0) is 10.3. The number of thiazole rings is 1. The standard InChI is InChI=1S/C11H19N3S/c1-2-4-10(3-1)13-6-5-12-9-11-14-7-8-15-11/h7-8,10,12-13H,1-6,9H2. The Morgan fingerprint density at radius 1 is 1.33 bits per heavy atom. The smallest absolute Gasteiger partial charge is 0.106 e. The van der Waals surface area contributed by atoms with Gasteiger partial charge in [-0.05, 0) is 12.8 Å². The van der Waals surface area contributed by atoms with Gasteiger partial charge in [-0.3, -0.25) is 0 Å². The van der Waals surface area contributed by atoms with Gasteiger partial charge in [0, 0.05) is 37.3 Å². The summed E-state index contributed by atoms with van der Waals surface area (Å²) in [6.07, 6.45) is 7.41. The second-order valence-electron chi connectivity index (χ2n) is 4.04. The normalized spacial score (nSPS) is 17.3. The van der Waals surface area contributed by atoms with Crippen LogP contribution in [-0.2, 0) is 6.54 Å². The Labute approximate surface area is 95.3 Å². The highest BCUT2D eigenvalue weighted by Gasteiger charge is 2.12. The maximum Gasteiger partial charge on any atom is 0.106 e. The Morgan fingerprint density at radius 2 is 2.20 bits per heavy atom. The van der Waals surface area contributed by atoms with E-state index in [4.69, 9.17) is 0 Å². The Balaban J connectivity index is 1.48. The van der Waals surface area contributed by atoms with E-state index in [0.717, 1.165) is 25.7 Å². The van der Waals surface area contributed by atoms with E-state index in [1.54, 1.807) is 11.3 Å². The molecule has 1 aromatic rings. The molecule has 0 unspecified atom stereocenters. The maximum atomic E-state index is 4.23. The van der Waals surface area contributed by atoms with Gasteiger partial charge in [0.05, 0.1) is 0 Å². The summed E-state index contributed by atoms with van der Waals surface area (Å²) in [5.74, 6) is 0. The van der Waals surface area contributed by atoms with Crippen LogP contribution < -0.4 is 10.6 Å². The van der Waals surface area contributed by atoms with Crippen molar-refractivity contribution in [1.82, 2.24) is 15.6 Å². The third-order valence-corrected chi connectivity index (χ3v) is 3.63. The van der Waals surface area contributed by atoms with Gasteiger partial charge in [-0.15, -0.1) is 11.3 Å². The van der Waals surface area contributed by atoms with Crippen molar-refractivity contribution in [3.63, 3.8) is 0 Å². The predicted octanol–water partition coefficient (Wildman–Crippen LogP) is 1.76. The van der Waals surface area contributed by atoms with Crippen molar-refractivity contribution >= 4 is 11.3 Å². The number of hydrogen-bond donors (Lipinski definition) is 2. The van der Waals surface area contributed by atoms with E-state index in [2.05, 4.69) is 15.6 Å². The van der Waals surface area contributed by atoms with Gasteiger partial charge in [0.15, 0.2) is 0 Å². The lowest BCUT2D eigenvalue weighted by atomic mass is 10.2. The molecular formula is C11H19N3S. The SMILES string of the molecule is c1csc(CNCCNC2CCCC2)n1. The van der Waals surface area contributed by atoms with Gasteiger partial charge < -0.3 is 10.6 Å². The number of nitrogens with zero attached hydrogens (tertiary/aromatic N) is 1. The predicted molar refractivity (Wildman–Crippen MR) is 64.1 cm³/mol. The molecule has 0 atom stereocenters. The van der Waals surface area contributed by atoms with Crippen LogP contribution in [0.4, 0.5) is 0 Å². The summed E-state index contributed by atoms with van der Waals surface area (Å²) in [5, 5.41) is 10.2. The second-order valence-corrected chi connectivity index (χ2v) is 5.02. The molecule has 4 heteroatoms. The molecule has 0 spiro atoms. The van der Waals surface area contributed by atoms with Gasteiger partial charge in [-0.25, -0.2) is 4.98 Å². The lowest BCUT2D eigenvalue weighted by Crippen LogP contribution is -2.33. The highest BCUT2D eigenvalue weighted by atomic mass is 32.1. The van der Waals surface area contributed by atoms with Crippen LogP contribution >= 0.6 is 11.3 Å². The molecule has 15 heavy (non-hydrogen) atoms. The molecule has 2 rings (SSSR count). The molecular weight excluding hydrogens is 206 g/mol. The molecule has 1 aliphatic rings. The zero-order valence-electron chi connectivity index (χ0n) is 9.04. The largest absolute Gasteiger partial charge is 0.313 e. The van der Waals surface area contributed by atoms with Crippen LogP contribution in [0.5, 0.6) is 0 Å². The molecule has 84 valence electrons. The highest BCUT2D eigenvalue weighted by molar-refractivity contribution is 7.09. The van der Waals surface area contributed by atoms with E-state index in [1.807, 2.05) is 11.6 Å². The molecule has 0 saturated heterocycles. The van der Waals surface area contributed by atoms with Crippen LogP contribution in [0.3, 0.4) is 0 Å². The molecule has 1 heterocycles. The van der Waals surface area contributed by atoms with Crippen molar-refractivity contribution in [3.8, 4) is 0 Å². The van der Waals surface area contributed by atoms with Gasteiger partial charge in [0.1, 0.15) is 5.01 Å². The Kier molecular flexibility index (Phi) is 4.57. The van der Waals surface area contributed by atoms with Crippen molar-refractivity contribution in [2.75, 3.05) is 13.1 Å². The first-order chi connectivity index (χ1) is 7.45. The first-order valence-corrected chi connectivity index (χ1v) is 6.65. The summed E-state index contributed by atoms with van der Waals surface area (Å²) >= 11 is 1.71. The van der Waals surface area contributed by atoms with E-state index < -0.39 is 0 Å². The maximum absolute atomic E-state index is 4.23. The summed E-state index contributed by atoms with van der Waals surface area (Å²) in [4.78, 5) is 4.23. The first kappa shape index (κ1) is 11.0. The minimum atomic E-state index is 0.784. The van der Waals surface area contributed by atoms with E-state index in [1.165, 1.54) is 30.7 Å². The summed E-state index contributed by atoms with van der Waals surface area (Å²) in [5.41, 5.74) is 0. The lowest BCUT2D eigenvalue weighted by molar-refractivity contribution is 0.509. The van der Waals surface area contributed by atoms with E-state index in [0.29, 0.717) is 0 Å². The molecule has 3 nitrogen and oxygen atoms in total. The van der Waals surface area contributed by atoms with Gasteiger partial charge in [0.2, 0.25) is 0 Å². The number of nitrogens with one attached hydrogen (secondary N) is 2. The fourth-order valence-electron chi connectivity index (χ4n) is 2.03. The highest BCUT2D eigenvalue weighted by Crippen LogP contribution is 2.17. The molecule has 0 aliphatic heterocycles. The number of rotatable bonds is 6. The molecule has 0 radical (unpaired) electrons. The van der Waals surface area contributed by atoms with E-state index in [-0.39, 0.29) is 0 Å². The van der Waals surface area contributed by atoms with Crippen LogP contribution in [0.2, 0.25) is 0 Å². The number of aromatic nitrogens is 1. The van der Waals surface area contributed by atoms with Crippen LogP contribution in [0.25, 0.3) is 0 Å². The Bertz CT molecular complexity index is 255. The minimum Gasteiger partial charge on any atom is -0.313 e. The Hall–Kier alpha value is -0.450. The molecule has 0 aromatic carbocycles. The quantitative estimate of drug-likeness (QED) is 0.724. The third kappa shape index (κ3) is 3.89. The molecule has 2 N–H and O–H groups in total. The van der Waals surface area contributed by atoms with E-state index >= 15 is 0 Å². The van der Waals surface area contributed by atoms with Crippen molar-refractivity contribution in [1.29, 1.82) is 0 Å². The van der Waals surface area contributed by atoms with Gasteiger partial charge >= 0.3 is 0 Å². The molecule has 0 amide bonds. The summed E-state index contributed by atoms with van der Waals surface area (Å²) < 4.78 is 0. The average molecular weight is 225 g/mol. The lowest BCUT2D eigenvalue weighted by Gasteiger charge is -2.11. The van der Waals surface area contributed by atoms with Gasteiger partial charge in [-0.2, -0.15) is 0 Å². The topological polar surface area (TPSA) is 37.0 Å². The first-order valence-electron chi connectivity index (χ1n) is 5.77. The van der Waals surface area contributed by atoms with Crippen molar-refractivity contribution < 1.29 is 0 Å². The third-order valence-electron chi connectivity index (χ3n) is 2.85. The van der Waals surface area contributed by atoms with Crippen molar-refractivity contribution in [2.24, 2.45) is 0 Å². The fraction of sp³-hybridized carbons (Fsp3) is 0.727. The van der Waals surface area contributed by atoms with Crippen LogP contribution in [0.1, 0.15) is 30.7 Å². The van der Waals surface area contributed by atoms with Crippen molar-refractivity contribution in [3.05, 3.63) is 16.6 Å². The van der Waals surface area contributed by atoms with E-state index in [9.17, 15) is 0 Å². The van der Waals surface area contributed by atoms with Crippen LogP contribution in [0, 0.1) is 0 Å². The Morgan fingerprint density at radius 3 is 2.93 bits per heavy atom. The van der Waals surface area contributed by atoms with Gasteiger partial charge in [0.25, 0.3) is 0 Å². The van der Waals surface area contributed by atoms with Gasteiger partial charge in [-0.1, -0.05) is 12.8 Å². The molecule has 1 aliphatic carbocycles. The molecule has 0 bridgehead atoms. The molecule has 1 fully saturated rings. The summed E-state index contributed by atoms with van der Waals surface area (Å²) in [6.45, 7) is 3.02. The zero-order valence-corrected chi connectivity index (χ0v) is 9.85.